The minimum atomic E-state index is 0.439. The predicted octanol–water partition coefficient (Wildman–Crippen LogP) is 3.19. The second-order valence-corrected chi connectivity index (χ2v) is 5.41. The molecule has 96 valence electrons. The fourth-order valence-electron chi connectivity index (χ4n) is 2.12. The molecule has 0 unspecified atom stereocenters. The van der Waals surface area contributed by atoms with Gasteiger partial charge in [-0.05, 0) is 44.6 Å². The van der Waals surface area contributed by atoms with Gasteiger partial charge in [0.05, 0.1) is 6.61 Å². The summed E-state index contributed by atoms with van der Waals surface area (Å²) in [5.41, 5.74) is 0. The zero-order valence-electron chi connectivity index (χ0n) is 10.5. The van der Waals surface area contributed by atoms with Gasteiger partial charge in [-0.25, -0.2) is 0 Å². The third-order valence-electron chi connectivity index (χ3n) is 3.27. The van der Waals surface area contributed by atoms with Gasteiger partial charge in [0.2, 0.25) is 0 Å². The predicted molar refractivity (Wildman–Crippen MR) is 70.2 cm³/mol. The maximum atomic E-state index is 6.07. The number of hydrogen-bond donors (Lipinski definition) is 1. The highest BCUT2D eigenvalue weighted by atomic mass is 35.5. The highest BCUT2D eigenvalue weighted by molar-refractivity contribution is 6.20. The van der Waals surface area contributed by atoms with Crippen LogP contribution in [-0.4, -0.2) is 31.7 Å². The van der Waals surface area contributed by atoms with E-state index in [-0.39, 0.29) is 0 Å². The molecular formula is C13H26ClNO. The smallest absolute Gasteiger partial charge is 0.0590 e. The van der Waals surface area contributed by atoms with Crippen molar-refractivity contribution in [2.75, 3.05) is 26.3 Å². The summed E-state index contributed by atoms with van der Waals surface area (Å²) in [4.78, 5) is 0. The van der Waals surface area contributed by atoms with Crippen molar-refractivity contribution in [2.45, 2.75) is 50.8 Å². The van der Waals surface area contributed by atoms with Crippen LogP contribution < -0.4 is 5.32 Å². The van der Waals surface area contributed by atoms with E-state index < -0.39 is 0 Å². The lowest BCUT2D eigenvalue weighted by Crippen LogP contribution is -2.29. The van der Waals surface area contributed by atoms with Gasteiger partial charge in [-0.15, -0.1) is 11.6 Å². The summed E-state index contributed by atoms with van der Waals surface area (Å²) in [5, 5.41) is 3.92. The average Bonchev–Trinajstić information content (AvgIpc) is 2.30. The highest BCUT2D eigenvalue weighted by Crippen LogP contribution is 2.26. The lowest BCUT2D eigenvalue weighted by molar-refractivity contribution is 0.131. The van der Waals surface area contributed by atoms with Crippen molar-refractivity contribution < 1.29 is 4.74 Å². The van der Waals surface area contributed by atoms with Crippen LogP contribution in [0, 0.1) is 5.92 Å². The minimum Gasteiger partial charge on any atom is -0.380 e. The third kappa shape index (κ3) is 6.72. The van der Waals surface area contributed by atoms with Crippen LogP contribution in [0.15, 0.2) is 0 Å². The highest BCUT2D eigenvalue weighted by Gasteiger charge is 2.18. The molecular weight excluding hydrogens is 222 g/mol. The molecule has 0 heterocycles. The van der Waals surface area contributed by atoms with Crippen LogP contribution in [0.5, 0.6) is 0 Å². The first kappa shape index (κ1) is 14.3. The number of halogens is 1. The number of rotatable bonds is 8. The first-order valence-electron chi connectivity index (χ1n) is 6.75. The van der Waals surface area contributed by atoms with Crippen molar-refractivity contribution in [1.82, 2.24) is 5.32 Å². The van der Waals surface area contributed by atoms with Crippen molar-refractivity contribution in [3.63, 3.8) is 0 Å². The van der Waals surface area contributed by atoms with Gasteiger partial charge in [-0.2, -0.15) is 0 Å². The van der Waals surface area contributed by atoms with Gasteiger partial charge in [0.25, 0.3) is 0 Å². The Hall–Kier alpha value is 0.210. The maximum absolute atomic E-state index is 6.07. The molecule has 0 aromatic heterocycles. The standard InChI is InChI=1S/C13H26ClNO/c1-2-3-9-16-10-8-15-11-12-4-6-13(14)7-5-12/h12-13,15H,2-11H2,1H3. The topological polar surface area (TPSA) is 21.3 Å². The van der Waals surface area contributed by atoms with Gasteiger partial charge >= 0.3 is 0 Å². The van der Waals surface area contributed by atoms with Gasteiger partial charge in [0.15, 0.2) is 0 Å². The van der Waals surface area contributed by atoms with Gasteiger partial charge in [0.1, 0.15) is 0 Å². The van der Waals surface area contributed by atoms with Crippen LogP contribution in [0.25, 0.3) is 0 Å². The van der Waals surface area contributed by atoms with Crippen molar-refractivity contribution in [1.29, 1.82) is 0 Å². The van der Waals surface area contributed by atoms with Gasteiger partial charge in [0, 0.05) is 18.5 Å². The first-order valence-corrected chi connectivity index (χ1v) is 7.19. The SMILES string of the molecule is CCCCOCCNCC1CCC(Cl)CC1. The van der Waals surface area contributed by atoms with Crippen molar-refractivity contribution in [2.24, 2.45) is 5.92 Å². The fraction of sp³-hybridized carbons (Fsp3) is 1.00. The molecule has 0 saturated heterocycles. The molecule has 16 heavy (non-hydrogen) atoms. The average molecular weight is 248 g/mol. The van der Waals surface area contributed by atoms with Crippen molar-refractivity contribution in [3.05, 3.63) is 0 Å². The van der Waals surface area contributed by atoms with E-state index in [1.165, 1.54) is 38.5 Å². The Morgan fingerprint density at radius 1 is 1.19 bits per heavy atom. The second kappa shape index (κ2) is 9.26. The molecule has 0 spiro atoms. The Morgan fingerprint density at radius 3 is 2.62 bits per heavy atom. The van der Waals surface area contributed by atoms with Crippen LogP contribution in [0.4, 0.5) is 0 Å². The quantitative estimate of drug-likeness (QED) is 0.526. The van der Waals surface area contributed by atoms with Crippen molar-refractivity contribution in [3.8, 4) is 0 Å². The van der Waals surface area contributed by atoms with Crippen LogP contribution in [0.1, 0.15) is 45.4 Å². The summed E-state index contributed by atoms with van der Waals surface area (Å²) in [6, 6.07) is 0. The zero-order chi connectivity index (χ0) is 11.6. The summed E-state index contributed by atoms with van der Waals surface area (Å²) in [6.07, 6.45) is 7.37. The van der Waals surface area contributed by atoms with E-state index in [1.54, 1.807) is 0 Å². The fourth-order valence-corrected chi connectivity index (χ4v) is 2.38. The summed E-state index contributed by atoms with van der Waals surface area (Å²) < 4.78 is 5.50. The number of hydrogen-bond acceptors (Lipinski definition) is 2. The van der Waals surface area contributed by atoms with Crippen LogP contribution in [-0.2, 0) is 4.74 Å². The van der Waals surface area contributed by atoms with E-state index in [4.69, 9.17) is 16.3 Å². The van der Waals surface area contributed by atoms with E-state index in [0.717, 1.165) is 32.2 Å². The maximum Gasteiger partial charge on any atom is 0.0590 e. The molecule has 0 aromatic carbocycles. The van der Waals surface area contributed by atoms with E-state index in [9.17, 15) is 0 Å². The number of unbranched alkanes of at least 4 members (excludes halogenated alkanes) is 1. The molecule has 0 aromatic rings. The molecule has 1 N–H and O–H groups in total. The molecule has 0 aliphatic heterocycles. The Labute approximate surface area is 105 Å². The summed E-state index contributed by atoms with van der Waals surface area (Å²) in [7, 11) is 0. The van der Waals surface area contributed by atoms with Gasteiger partial charge in [-0.1, -0.05) is 13.3 Å². The molecule has 1 rings (SSSR count). The monoisotopic (exact) mass is 247 g/mol. The van der Waals surface area contributed by atoms with Crippen LogP contribution in [0.3, 0.4) is 0 Å². The molecule has 1 fully saturated rings. The number of ether oxygens (including phenoxy) is 1. The van der Waals surface area contributed by atoms with Crippen LogP contribution in [0.2, 0.25) is 0 Å². The number of nitrogens with one attached hydrogen (secondary N) is 1. The normalized spacial score (nSPS) is 25.9. The van der Waals surface area contributed by atoms with E-state index in [1.807, 2.05) is 0 Å². The van der Waals surface area contributed by atoms with Crippen LogP contribution >= 0.6 is 11.6 Å². The molecule has 1 aliphatic rings. The zero-order valence-corrected chi connectivity index (χ0v) is 11.3. The van der Waals surface area contributed by atoms with E-state index in [2.05, 4.69) is 12.2 Å². The van der Waals surface area contributed by atoms with Gasteiger partial charge < -0.3 is 10.1 Å². The Kier molecular flexibility index (Phi) is 8.26. The van der Waals surface area contributed by atoms with Gasteiger partial charge in [-0.3, -0.25) is 0 Å². The number of alkyl halides is 1. The summed E-state index contributed by atoms with van der Waals surface area (Å²) >= 11 is 6.07. The van der Waals surface area contributed by atoms with E-state index >= 15 is 0 Å². The Balaban J connectivity index is 1.84. The Bertz CT molecular complexity index is 158. The first-order chi connectivity index (χ1) is 7.83. The molecule has 3 heteroatoms. The molecule has 0 radical (unpaired) electrons. The Morgan fingerprint density at radius 2 is 1.94 bits per heavy atom. The van der Waals surface area contributed by atoms with Crippen molar-refractivity contribution >= 4 is 11.6 Å². The molecule has 1 aliphatic carbocycles. The molecule has 0 atom stereocenters. The summed E-state index contributed by atoms with van der Waals surface area (Å²) in [5.74, 6) is 0.839. The molecule has 0 amide bonds. The minimum absolute atomic E-state index is 0.439. The molecule has 0 bridgehead atoms. The largest absolute Gasteiger partial charge is 0.380 e. The lowest BCUT2D eigenvalue weighted by Gasteiger charge is -2.25. The van der Waals surface area contributed by atoms with E-state index in [0.29, 0.717) is 5.38 Å². The second-order valence-electron chi connectivity index (χ2n) is 4.79. The lowest BCUT2D eigenvalue weighted by atomic mass is 9.89. The molecule has 1 saturated carbocycles. The summed E-state index contributed by atoms with van der Waals surface area (Å²) in [6.45, 7) is 6.08. The molecule has 2 nitrogen and oxygen atoms in total. The third-order valence-corrected chi connectivity index (χ3v) is 3.71.